The highest BCUT2D eigenvalue weighted by Crippen LogP contribution is 2.26. The Labute approximate surface area is 103 Å². The van der Waals surface area contributed by atoms with Crippen molar-refractivity contribution in [3.05, 3.63) is 46.9 Å². The van der Waals surface area contributed by atoms with Crippen LogP contribution in [-0.2, 0) is 0 Å². The summed E-state index contributed by atoms with van der Waals surface area (Å²) in [4.78, 5) is 11.7. The van der Waals surface area contributed by atoms with Gasteiger partial charge >= 0.3 is 0 Å². The lowest BCUT2D eigenvalue weighted by Gasteiger charge is -2.04. The van der Waals surface area contributed by atoms with Crippen molar-refractivity contribution in [3.8, 4) is 5.75 Å². The summed E-state index contributed by atoms with van der Waals surface area (Å²) in [6, 6.07) is 6.12. The SMILES string of the molecule is Cc1cc(C(=O)Nc2ccc(Cl)c(O)c2)co1. The molecule has 5 heteroatoms. The van der Waals surface area contributed by atoms with Crippen LogP contribution in [0.2, 0.25) is 5.02 Å². The maximum Gasteiger partial charge on any atom is 0.258 e. The van der Waals surface area contributed by atoms with E-state index in [0.29, 0.717) is 17.0 Å². The number of halogens is 1. The van der Waals surface area contributed by atoms with Crippen molar-refractivity contribution >= 4 is 23.2 Å². The number of phenolic OH excluding ortho intramolecular Hbond substituents is 1. The number of amides is 1. The molecule has 4 nitrogen and oxygen atoms in total. The molecule has 0 saturated carbocycles. The third-order valence-corrected chi connectivity index (χ3v) is 2.52. The van der Waals surface area contributed by atoms with E-state index in [-0.39, 0.29) is 16.7 Å². The van der Waals surface area contributed by atoms with E-state index in [2.05, 4.69) is 5.32 Å². The Bertz CT molecular complexity index is 563. The van der Waals surface area contributed by atoms with Crippen LogP contribution in [0.25, 0.3) is 0 Å². The lowest BCUT2D eigenvalue weighted by Crippen LogP contribution is -2.10. The Morgan fingerprint density at radius 1 is 1.41 bits per heavy atom. The second-order valence-corrected chi connectivity index (χ2v) is 3.97. The number of rotatable bonds is 2. The average Bonchev–Trinajstić information content (AvgIpc) is 2.70. The van der Waals surface area contributed by atoms with Crippen LogP contribution in [0, 0.1) is 6.92 Å². The van der Waals surface area contributed by atoms with E-state index < -0.39 is 0 Å². The second-order valence-electron chi connectivity index (χ2n) is 3.57. The molecule has 0 spiro atoms. The van der Waals surface area contributed by atoms with E-state index in [4.69, 9.17) is 16.0 Å². The number of carbonyl (C=O) groups excluding carboxylic acids is 1. The molecule has 1 amide bonds. The molecule has 0 aliphatic heterocycles. The van der Waals surface area contributed by atoms with Gasteiger partial charge in [-0.05, 0) is 25.1 Å². The zero-order chi connectivity index (χ0) is 12.4. The lowest BCUT2D eigenvalue weighted by molar-refractivity contribution is 0.102. The molecule has 0 aliphatic carbocycles. The number of nitrogens with one attached hydrogen (secondary N) is 1. The van der Waals surface area contributed by atoms with Gasteiger partial charge in [0.05, 0.1) is 10.6 Å². The van der Waals surface area contributed by atoms with Gasteiger partial charge in [0.15, 0.2) is 0 Å². The van der Waals surface area contributed by atoms with Crippen LogP contribution < -0.4 is 5.32 Å². The summed E-state index contributed by atoms with van der Waals surface area (Å²) in [5.41, 5.74) is 0.896. The van der Waals surface area contributed by atoms with Crippen molar-refractivity contribution in [3.63, 3.8) is 0 Å². The van der Waals surface area contributed by atoms with Crippen LogP contribution in [0.1, 0.15) is 16.1 Å². The minimum atomic E-state index is -0.302. The normalized spacial score (nSPS) is 10.2. The highest BCUT2D eigenvalue weighted by atomic mass is 35.5. The first-order chi connectivity index (χ1) is 8.06. The Morgan fingerprint density at radius 3 is 2.76 bits per heavy atom. The van der Waals surface area contributed by atoms with E-state index in [1.54, 1.807) is 19.1 Å². The maximum atomic E-state index is 11.7. The van der Waals surface area contributed by atoms with Crippen LogP contribution in [0.15, 0.2) is 34.9 Å². The number of benzene rings is 1. The summed E-state index contributed by atoms with van der Waals surface area (Å²) in [7, 11) is 0. The molecule has 2 N–H and O–H groups in total. The molecule has 1 heterocycles. The molecule has 88 valence electrons. The summed E-state index contributed by atoms with van der Waals surface area (Å²) in [5.74, 6) is 0.283. The molecular weight excluding hydrogens is 242 g/mol. The van der Waals surface area contributed by atoms with Gasteiger partial charge in [0.2, 0.25) is 0 Å². The fourth-order valence-corrected chi connectivity index (χ4v) is 1.47. The predicted octanol–water partition coefficient (Wildman–Crippen LogP) is 3.20. The summed E-state index contributed by atoms with van der Waals surface area (Å²) in [5, 5.41) is 12.2. The lowest BCUT2D eigenvalue weighted by atomic mass is 10.2. The summed E-state index contributed by atoms with van der Waals surface area (Å²) in [6.45, 7) is 1.75. The van der Waals surface area contributed by atoms with Crippen molar-refractivity contribution in [1.29, 1.82) is 0 Å². The highest BCUT2D eigenvalue weighted by Gasteiger charge is 2.09. The first kappa shape index (κ1) is 11.5. The zero-order valence-corrected chi connectivity index (χ0v) is 9.78. The highest BCUT2D eigenvalue weighted by molar-refractivity contribution is 6.32. The predicted molar refractivity (Wildman–Crippen MR) is 64.5 cm³/mol. The fraction of sp³-hybridized carbons (Fsp3) is 0.0833. The number of carbonyl (C=O) groups is 1. The van der Waals surface area contributed by atoms with Crippen LogP contribution in [0.3, 0.4) is 0 Å². The van der Waals surface area contributed by atoms with Crippen molar-refractivity contribution in [2.24, 2.45) is 0 Å². The number of aromatic hydroxyl groups is 1. The van der Waals surface area contributed by atoms with E-state index in [9.17, 15) is 9.90 Å². The van der Waals surface area contributed by atoms with E-state index in [0.717, 1.165) is 0 Å². The standard InChI is InChI=1S/C12H10ClNO3/c1-7-4-8(6-17-7)12(16)14-9-2-3-10(13)11(15)5-9/h2-6,15H,1H3,(H,14,16). The van der Waals surface area contributed by atoms with Gasteiger partial charge in [0.1, 0.15) is 17.8 Å². The Hall–Kier alpha value is -1.94. The van der Waals surface area contributed by atoms with Crippen LogP contribution >= 0.6 is 11.6 Å². The molecule has 0 unspecified atom stereocenters. The number of anilines is 1. The number of hydrogen-bond donors (Lipinski definition) is 2. The van der Waals surface area contributed by atoms with Gasteiger partial charge in [0, 0.05) is 11.8 Å². The van der Waals surface area contributed by atoms with Gasteiger partial charge in [-0.3, -0.25) is 4.79 Å². The van der Waals surface area contributed by atoms with Gasteiger partial charge in [0.25, 0.3) is 5.91 Å². The number of hydrogen-bond acceptors (Lipinski definition) is 3. The minimum absolute atomic E-state index is 0.0761. The Kier molecular flexibility index (Phi) is 3.06. The smallest absolute Gasteiger partial charge is 0.258 e. The van der Waals surface area contributed by atoms with Gasteiger partial charge in [-0.2, -0.15) is 0 Å². The molecule has 1 aromatic carbocycles. The number of aryl methyl sites for hydroxylation is 1. The van der Waals surface area contributed by atoms with Crippen LogP contribution in [0.5, 0.6) is 5.75 Å². The third-order valence-electron chi connectivity index (χ3n) is 2.20. The quantitative estimate of drug-likeness (QED) is 0.862. The van der Waals surface area contributed by atoms with Crippen molar-refractivity contribution in [2.45, 2.75) is 6.92 Å². The van der Waals surface area contributed by atoms with Gasteiger partial charge < -0.3 is 14.8 Å². The zero-order valence-electron chi connectivity index (χ0n) is 9.03. The van der Waals surface area contributed by atoms with E-state index in [1.807, 2.05) is 0 Å². The van der Waals surface area contributed by atoms with E-state index >= 15 is 0 Å². The molecule has 2 rings (SSSR count). The van der Waals surface area contributed by atoms with Crippen LogP contribution in [-0.4, -0.2) is 11.0 Å². The van der Waals surface area contributed by atoms with Gasteiger partial charge in [-0.25, -0.2) is 0 Å². The molecular formula is C12H10ClNO3. The molecule has 0 atom stereocenters. The molecule has 0 fully saturated rings. The van der Waals surface area contributed by atoms with E-state index in [1.165, 1.54) is 18.4 Å². The van der Waals surface area contributed by atoms with Crippen molar-refractivity contribution < 1.29 is 14.3 Å². The minimum Gasteiger partial charge on any atom is -0.506 e. The topological polar surface area (TPSA) is 62.5 Å². The summed E-state index contributed by atoms with van der Waals surface area (Å²) in [6.07, 6.45) is 1.38. The molecule has 0 radical (unpaired) electrons. The molecule has 1 aromatic heterocycles. The first-order valence-electron chi connectivity index (χ1n) is 4.91. The molecule has 0 bridgehead atoms. The molecule has 0 aliphatic rings. The fourth-order valence-electron chi connectivity index (χ4n) is 1.36. The molecule has 0 saturated heterocycles. The van der Waals surface area contributed by atoms with Crippen molar-refractivity contribution in [1.82, 2.24) is 0 Å². The third kappa shape index (κ3) is 2.60. The average molecular weight is 252 g/mol. The number of phenols is 1. The largest absolute Gasteiger partial charge is 0.506 e. The maximum absolute atomic E-state index is 11.7. The Morgan fingerprint density at radius 2 is 2.18 bits per heavy atom. The molecule has 17 heavy (non-hydrogen) atoms. The van der Waals surface area contributed by atoms with Gasteiger partial charge in [-0.15, -0.1) is 0 Å². The monoisotopic (exact) mass is 251 g/mol. The first-order valence-corrected chi connectivity index (χ1v) is 5.29. The summed E-state index contributed by atoms with van der Waals surface area (Å²) >= 11 is 5.66. The number of furan rings is 1. The summed E-state index contributed by atoms with van der Waals surface area (Å²) < 4.78 is 5.03. The Balaban J connectivity index is 2.15. The van der Waals surface area contributed by atoms with Crippen molar-refractivity contribution in [2.75, 3.05) is 5.32 Å². The van der Waals surface area contributed by atoms with Gasteiger partial charge in [-0.1, -0.05) is 11.6 Å². The second kappa shape index (κ2) is 4.51. The van der Waals surface area contributed by atoms with Crippen LogP contribution in [0.4, 0.5) is 5.69 Å². The molecule has 2 aromatic rings.